The van der Waals surface area contributed by atoms with E-state index in [-0.39, 0.29) is 24.3 Å². The average molecular weight is 352 g/mol. The van der Waals surface area contributed by atoms with Crippen molar-refractivity contribution in [3.63, 3.8) is 0 Å². The van der Waals surface area contributed by atoms with Crippen LogP contribution in [0.3, 0.4) is 0 Å². The van der Waals surface area contributed by atoms with Crippen LogP contribution in [0.1, 0.15) is 19.4 Å². The van der Waals surface area contributed by atoms with Gasteiger partial charge in [-0.1, -0.05) is 50.2 Å². The van der Waals surface area contributed by atoms with Gasteiger partial charge in [0.05, 0.1) is 0 Å². The first-order chi connectivity index (χ1) is 12.6. The van der Waals surface area contributed by atoms with Crippen molar-refractivity contribution in [3.8, 4) is 5.75 Å². The van der Waals surface area contributed by atoms with Gasteiger partial charge in [0.2, 0.25) is 5.91 Å². The zero-order valence-electron chi connectivity index (χ0n) is 15.1. The maximum absolute atomic E-state index is 13.0. The minimum Gasteiger partial charge on any atom is -0.484 e. The van der Waals surface area contributed by atoms with Gasteiger partial charge in [-0.25, -0.2) is 0 Å². The van der Waals surface area contributed by atoms with Crippen molar-refractivity contribution >= 4 is 17.5 Å². The lowest BCUT2D eigenvalue weighted by molar-refractivity contribution is -0.129. The molecule has 5 nitrogen and oxygen atoms in total. The number of ether oxygens (including phenoxy) is 1. The van der Waals surface area contributed by atoms with Gasteiger partial charge in [-0.2, -0.15) is 0 Å². The molecule has 1 aliphatic rings. The first-order valence-electron chi connectivity index (χ1n) is 8.93. The van der Waals surface area contributed by atoms with Crippen molar-refractivity contribution in [1.29, 1.82) is 0 Å². The number of fused-ring (bicyclic) bond motifs is 1. The first-order valence-corrected chi connectivity index (χ1v) is 8.93. The normalized spacial score (nSPS) is 14.0. The molecule has 2 amide bonds. The number of para-hydroxylation sites is 2. The summed E-state index contributed by atoms with van der Waals surface area (Å²) in [6, 6.07) is 16.5. The summed E-state index contributed by atoms with van der Waals surface area (Å²) in [5.74, 6) is 0.242. The Bertz CT molecular complexity index is 774. The summed E-state index contributed by atoms with van der Waals surface area (Å²) >= 11 is 0. The number of rotatable bonds is 6. The van der Waals surface area contributed by atoms with Gasteiger partial charge < -0.3 is 15.0 Å². The van der Waals surface area contributed by atoms with Gasteiger partial charge in [0.1, 0.15) is 11.8 Å². The molecule has 0 radical (unpaired) electrons. The zero-order valence-corrected chi connectivity index (χ0v) is 15.1. The average Bonchev–Trinajstić information content (AvgIpc) is 3.08. The van der Waals surface area contributed by atoms with Gasteiger partial charge in [0.15, 0.2) is 6.61 Å². The lowest BCUT2D eigenvalue weighted by Gasteiger charge is -2.27. The monoisotopic (exact) mass is 352 g/mol. The molecule has 0 saturated carbocycles. The summed E-state index contributed by atoms with van der Waals surface area (Å²) in [7, 11) is 0. The highest BCUT2D eigenvalue weighted by atomic mass is 16.5. The third-order valence-electron chi connectivity index (χ3n) is 4.52. The molecule has 1 N–H and O–H groups in total. The van der Waals surface area contributed by atoms with Crippen LogP contribution in [0.5, 0.6) is 5.75 Å². The highest BCUT2D eigenvalue weighted by molar-refractivity contribution is 6.01. The van der Waals surface area contributed by atoms with E-state index in [2.05, 4.69) is 5.32 Å². The smallest absolute Gasteiger partial charge is 0.258 e. The van der Waals surface area contributed by atoms with Crippen LogP contribution in [0.2, 0.25) is 0 Å². The summed E-state index contributed by atoms with van der Waals surface area (Å²) in [4.78, 5) is 27.1. The molecule has 0 bridgehead atoms. The Labute approximate surface area is 154 Å². The number of carbonyl (C=O) groups is 2. The van der Waals surface area contributed by atoms with E-state index in [9.17, 15) is 9.59 Å². The molecule has 1 atom stereocenters. The number of hydrogen-bond acceptors (Lipinski definition) is 3. The van der Waals surface area contributed by atoms with Gasteiger partial charge in [-0.05, 0) is 36.1 Å². The Morgan fingerprint density at radius 2 is 1.77 bits per heavy atom. The fourth-order valence-corrected chi connectivity index (χ4v) is 3.13. The van der Waals surface area contributed by atoms with Crippen LogP contribution in [-0.4, -0.2) is 31.0 Å². The number of anilines is 1. The molecule has 2 aromatic carbocycles. The second-order valence-corrected chi connectivity index (χ2v) is 6.76. The van der Waals surface area contributed by atoms with Crippen LogP contribution in [0.25, 0.3) is 0 Å². The lowest BCUT2D eigenvalue weighted by atomic mass is 10.0. The van der Waals surface area contributed by atoms with Crippen LogP contribution in [0.4, 0.5) is 5.69 Å². The van der Waals surface area contributed by atoms with Crippen molar-refractivity contribution in [2.45, 2.75) is 26.3 Å². The molecule has 26 heavy (non-hydrogen) atoms. The van der Waals surface area contributed by atoms with Crippen molar-refractivity contribution in [2.75, 3.05) is 18.1 Å². The maximum Gasteiger partial charge on any atom is 0.258 e. The summed E-state index contributed by atoms with van der Waals surface area (Å²) in [5.41, 5.74) is 2.11. The van der Waals surface area contributed by atoms with Gasteiger partial charge in [0.25, 0.3) is 5.91 Å². The SMILES string of the molecule is CC(C)[C@@H](NC(=O)COc1ccccc1)C(=O)N1CCc2ccccc21. The van der Waals surface area contributed by atoms with E-state index in [1.54, 1.807) is 17.0 Å². The molecule has 136 valence electrons. The fraction of sp³-hybridized carbons (Fsp3) is 0.333. The number of amides is 2. The van der Waals surface area contributed by atoms with Crippen LogP contribution >= 0.6 is 0 Å². The van der Waals surface area contributed by atoms with Crippen LogP contribution in [0, 0.1) is 5.92 Å². The predicted molar refractivity (Wildman–Crippen MR) is 101 cm³/mol. The predicted octanol–water partition coefficient (Wildman–Crippen LogP) is 2.80. The quantitative estimate of drug-likeness (QED) is 0.870. The van der Waals surface area contributed by atoms with E-state index in [0.717, 1.165) is 12.1 Å². The van der Waals surface area contributed by atoms with E-state index in [4.69, 9.17) is 4.74 Å². The second-order valence-electron chi connectivity index (χ2n) is 6.76. The van der Waals surface area contributed by atoms with Gasteiger partial charge in [-0.3, -0.25) is 9.59 Å². The fourth-order valence-electron chi connectivity index (χ4n) is 3.13. The third kappa shape index (κ3) is 4.04. The summed E-state index contributed by atoms with van der Waals surface area (Å²) < 4.78 is 5.47. The Kier molecular flexibility index (Phi) is 5.56. The van der Waals surface area contributed by atoms with Crippen molar-refractivity contribution in [2.24, 2.45) is 5.92 Å². The molecule has 0 fully saturated rings. The number of carbonyl (C=O) groups excluding carboxylic acids is 2. The van der Waals surface area contributed by atoms with E-state index >= 15 is 0 Å². The Balaban J connectivity index is 1.64. The summed E-state index contributed by atoms with van der Waals surface area (Å²) in [6.45, 7) is 4.40. The third-order valence-corrected chi connectivity index (χ3v) is 4.52. The van der Waals surface area contributed by atoms with Crippen LogP contribution in [0.15, 0.2) is 54.6 Å². The minimum absolute atomic E-state index is 0.0177. The van der Waals surface area contributed by atoms with E-state index in [0.29, 0.717) is 12.3 Å². The molecule has 0 aromatic heterocycles. The number of nitrogens with zero attached hydrogens (tertiary/aromatic N) is 1. The zero-order chi connectivity index (χ0) is 18.5. The van der Waals surface area contributed by atoms with Crippen LogP contribution < -0.4 is 15.0 Å². The Morgan fingerprint density at radius 1 is 1.08 bits per heavy atom. The van der Waals surface area contributed by atoms with Gasteiger partial charge in [-0.15, -0.1) is 0 Å². The van der Waals surface area contributed by atoms with Crippen molar-refractivity contribution < 1.29 is 14.3 Å². The molecule has 5 heteroatoms. The molecule has 0 aliphatic carbocycles. The second kappa shape index (κ2) is 8.04. The largest absolute Gasteiger partial charge is 0.484 e. The molecule has 0 saturated heterocycles. The van der Waals surface area contributed by atoms with Crippen molar-refractivity contribution in [3.05, 3.63) is 60.2 Å². The molecule has 0 unspecified atom stereocenters. The highest BCUT2D eigenvalue weighted by Gasteiger charge is 2.32. The van der Waals surface area contributed by atoms with E-state index in [1.165, 1.54) is 5.56 Å². The molecule has 0 spiro atoms. The Hall–Kier alpha value is -2.82. The maximum atomic E-state index is 13.0. The van der Waals surface area contributed by atoms with Gasteiger partial charge in [0, 0.05) is 12.2 Å². The first kappa shape index (κ1) is 18.0. The van der Waals surface area contributed by atoms with E-state index in [1.807, 2.05) is 56.3 Å². The molecular formula is C21H24N2O3. The van der Waals surface area contributed by atoms with Crippen molar-refractivity contribution in [1.82, 2.24) is 5.32 Å². The number of hydrogen-bond donors (Lipinski definition) is 1. The van der Waals surface area contributed by atoms with E-state index < -0.39 is 6.04 Å². The molecule has 2 aromatic rings. The topological polar surface area (TPSA) is 58.6 Å². The standard InChI is InChI=1S/C21H24N2O3/c1-15(2)20(22-19(24)14-26-17-9-4-3-5-10-17)21(25)23-13-12-16-8-6-7-11-18(16)23/h3-11,15,20H,12-14H2,1-2H3,(H,22,24)/t20-/m1/s1. The van der Waals surface area contributed by atoms with Crippen LogP contribution in [-0.2, 0) is 16.0 Å². The summed E-state index contributed by atoms with van der Waals surface area (Å²) in [6.07, 6.45) is 0.845. The Morgan fingerprint density at radius 3 is 2.50 bits per heavy atom. The van der Waals surface area contributed by atoms with Gasteiger partial charge >= 0.3 is 0 Å². The number of benzene rings is 2. The molecular weight excluding hydrogens is 328 g/mol. The number of nitrogens with one attached hydrogen (secondary N) is 1. The summed E-state index contributed by atoms with van der Waals surface area (Å²) in [5, 5.41) is 2.84. The molecule has 1 heterocycles. The molecule has 1 aliphatic heterocycles. The minimum atomic E-state index is -0.576. The molecule has 3 rings (SSSR count). The highest BCUT2D eigenvalue weighted by Crippen LogP contribution is 2.28. The lowest BCUT2D eigenvalue weighted by Crippen LogP contribution is -2.52.